The van der Waals surface area contributed by atoms with Gasteiger partial charge < -0.3 is 5.32 Å². The van der Waals surface area contributed by atoms with E-state index in [1.54, 1.807) is 17.8 Å². The molecule has 8 nitrogen and oxygen atoms in total. The van der Waals surface area contributed by atoms with E-state index in [4.69, 9.17) is 0 Å². The molecule has 162 valence electrons. The lowest BCUT2D eigenvalue weighted by Gasteiger charge is -2.09. The van der Waals surface area contributed by atoms with E-state index in [2.05, 4.69) is 25.9 Å². The number of halogens is 1. The van der Waals surface area contributed by atoms with Crippen LogP contribution in [0.2, 0.25) is 0 Å². The van der Waals surface area contributed by atoms with Gasteiger partial charge in [0, 0.05) is 17.4 Å². The number of nitrogens with zero attached hydrogens (tertiary/aromatic N) is 6. The van der Waals surface area contributed by atoms with Crippen molar-refractivity contribution in [3.63, 3.8) is 0 Å². The first-order chi connectivity index (χ1) is 16.1. The summed E-state index contributed by atoms with van der Waals surface area (Å²) in [5.74, 6) is -0.458. The minimum absolute atomic E-state index is 0.138. The average molecular weight is 439 g/mol. The summed E-state index contributed by atoms with van der Waals surface area (Å²) in [4.78, 5) is 13.3. The molecular weight excluding hydrogens is 421 g/mol. The van der Waals surface area contributed by atoms with Gasteiger partial charge in [0.05, 0.1) is 11.3 Å². The highest BCUT2D eigenvalue weighted by molar-refractivity contribution is 6.08. The molecule has 0 unspecified atom stereocenters. The summed E-state index contributed by atoms with van der Waals surface area (Å²) in [7, 11) is 0. The number of aromatic nitrogens is 6. The second kappa shape index (κ2) is 8.46. The van der Waals surface area contributed by atoms with Gasteiger partial charge in [-0.15, -0.1) is 5.10 Å². The smallest absolute Gasteiger partial charge is 0.259 e. The number of carbonyl (C=O) groups excluding carboxylic acids is 1. The number of amides is 1. The number of nitrogens with one attached hydrogen (secondary N) is 1. The summed E-state index contributed by atoms with van der Waals surface area (Å²) in [6, 6.07) is 23.2. The minimum Gasteiger partial charge on any atom is -0.322 e. The van der Waals surface area contributed by atoms with Gasteiger partial charge in [-0.1, -0.05) is 48.5 Å². The largest absolute Gasteiger partial charge is 0.322 e. The van der Waals surface area contributed by atoms with E-state index in [1.165, 1.54) is 22.9 Å². The number of anilines is 1. The Balaban J connectivity index is 1.52. The second-order valence-electron chi connectivity index (χ2n) is 7.30. The van der Waals surface area contributed by atoms with Crippen LogP contribution >= 0.6 is 0 Å². The molecule has 0 aliphatic carbocycles. The van der Waals surface area contributed by atoms with E-state index < -0.39 is 5.82 Å². The topological polar surface area (TPSA) is 90.5 Å². The molecule has 0 saturated heterocycles. The van der Waals surface area contributed by atoms with Crippen molar-refractivity contribution in [2.75, 3.05) is 5.32 Å². The maximum Gasteiger partial charge on any atom is 0.259 e. The van der Waals surface area contributed by atoms with E-state index in [-0.39, 0.29) is 11.6 Å². The number of rotatable bonds is 5. The molecule has 0 atom stereocenters. The van der Waals surface area contributed by atoms with Crippen LogP contribution < -0.4 is 5.32 Å². The number of hydrogen-bond acceptors (Lipinski definition) is 5. The molecule has 5 aromatic rings. The first-order valence-corrected chi connectivity index (χ1v) is 10.2. The summed E-state index contributed by atoms with van der Waals surface area (Å²) in [6.45, 7) is 1.66. The van der Waals surface area contributed by atoms with Crippen LogP contribution in [-0.2, 0) is 0 Å². The molecule has 9 heteroatoms. The summed E-state index contributed by atoms with van der Waals surface area (Å²) in [5.41, 5.74) is 3.09. The first kappa shape index (κ1) is 20.3. The molecule has 0 radical (unpaired) electrons. The quantitative estimate of drug-likeness (QED) is 0.443. The zero-order chi connectivity index (χ0) is 22.8. The molecule has 0 aliphatic heterocycles. The van der Waals surface area contributed by atoms with E-state index in [0.717, 1.165) is 11.3 Å². The zero-order valence-corrected chi connectivity index (χ0v) is 17.6. The molecule has 0 spiro atoms. The SMILES string of the molecule is Cc1nnnn1-c1cc(NC(=O)c2cn(-c3ccccc3)nc2-c2ccccc2)ccc1F. The van der Waals surface area contributed by atoms with Crippen LogP contribution in [0.25, 0.3) is 22.6 Å². The Morgan fingerprint density at radius 2 is 1.70 bits per heavy atom. The van der Waals surface area contributed by atoms with Gasteiger partial charge in [-0.3, -0.25) is 4.79 Å². The zero-order valence-electron chi connectivity index (χ0n) is 17.6. The summed E-state index contributed by atoms with van der Waals surface area (Å²) < 4.78 is 17.3. The van der Waals surface area contributed by atoms with Crippen molar-refractivity contribution in [2.45, 2.75) is 6.92 Å². The third kappa shape index (κ3) is 3.99. The summed E-state index contributed by atoms with van der Waals surface area (Å²) in [6.07, 6.45) is 1.68. The number of benzene rings is 3. The van der Waals surface area contributed by atoms with Crippen LogP contribution in [0.1, 0.15) is 16.2 Å². The maximum atomic E-state index is 14.4. The third-order valence-corrected chi connectivity index (χ3v) is 5.08. The fourth-order valence-corrected chi connectivity index (χ4v) is 3.47. The lowest BCUT2D eigenvalue weighted by atomic mass is 10.1. The third-order valence-electron chi connectivity index (χ3n) is 5.08. The molecule has 0 saturated carbocycles. The van der Waals surface area contributed by atoms with Crippen molar-refractivity contribution in [3.8, 4) is 22.6 Å². The van der Waals surface area contributed by atoms with Crippen molar-refractivity contribution in [2.24, 2.45) is 0 Å². The van der Waals surface area contributed by atoms with E-state index in [9.17, 15) is 9.18 Å². The van der Waals surface area contributed by atoms with Gasteiger partial charge in [0.15, 0.2) is 5.82 Å². The molecule has 2 heterocycles. The lowest BCUT2D eigenvalue weighted by Crippen LogP contribution is -2.13. The van der Waals surface area contributed by atoms with Gasteiger partial charge in [-0.25, -0.2) is 9.07 Å². The van der Waals surface area contributed by atoms with Crippen molar-refractivity contribution < 1.29 is 9.18 Å². The average Bonchev–Trinajstić information content (AvgIpc) is 3.48. The fraction of sp³-hybridized carbons (Fsp3) is 0.0417. The molecule has 2 aromatic heterocycles. The highest BCUT2D eigenvalue weighted by Crippen LogP contribution is 2.25. The Morgan fingerprint density at radius 3 is 2.39 bits per heavy atom. The van der Waals surface area contributed by atoms with Crippen molar-refractivity contribution in [1.29, 1.82) is 0 Å². The first-order valence-electron chi connectivity index (χ1n) is 10.2. The van der Waals surface area contributed by atoms with E-state index in [0.29, 0.717) is 22.8 Å². The number of hydrogen-bond donors (Lipinski definition) is 1. The molecule has 3 aromatic carbocycles. The molecule has 1 N–H and O–H groups in total. The molecular formula is C24H18FN7O. The van der Waals surface area contributed by atoms with Gasteiger partial charge in [0.1, 0.15) is 17.2 Å². The number of aryl methyl sites for hydroxylation is 1. The highest BCUT2D eigenvalue weighted by Gasteiger charge is 2.20. The Bertz CT molecular complexity index is 1430. The number of carbonyl (C=O) groups is 1. The molecule has 1 amide bonds. The number of tetrazole rings is 1. The van der Waals surface area contributed by atoms with Crippen LogP contribution in [0.4, 0.5) is 10.1 Å². The Hall–Kier alpha value is -4.66. The Kier molecular flexibility index (Phi) is 5.19. The van der Waals surface area contributed by atoms with Crippen LogP contribution in [0.5, 0.6) is 0 Å². The van der Waals surface area contributed by atoms with Gasteiger partial charge in [0.25, 0.3) is 5.91 Å². The fourth-order valence-electron chi connectivity index (χ4n) is 3.47. The van der Waals surface area contributed by atoms with Gasteiger partial charge in [-0.2, -0.15) is 9.78 Å². The molecule has 0 aliphatic rings. The normalized spacial score (nSPS) is 10.8. The van der Waals surface area contributed by atoms with Crippen LogP contribution in [0.3, 0.4) is 0 Å². The second-order valence-corrected chi connectivity index (χ2v) is 7.30. The predicted molar refractivity (Wildman–Crippen MR) is 121 cm³/mol. The van der Waals surface area contributed by atoms with Crippen molar-refractivity contribution in [1.82, 2.24) is 30.0 Å². The van der Waals surface area contributed by atoms with Crippen LogP contribution in [0, 0.1) is 12.7 Å². The lowest BCUT2D eigenvalue weighted by molar-refractivity contribution is 0.102. The highest BCUT2D eigenvalue weighted by atomic mass is 19.1. The predicted octanol–water partition coefficient (Wildman–Crippen LogP) is 4.21. The van der Waals surface area contributed by atoms with Crippen LogP contribution in [0.15, 0.2) is 85.1 Å². The molecule has 0 bridgehead atoms. The number of para-hydroxylation sites is 1. The summed E-state index contributed by atoms with van der Waals surface area (Å²) >= 11 is 0. The summed E-state index contributed by atoms with van der Waals surface area (Å²) in [5, 5.41) is 18.6. The van der Waals surface area contributed by atoms with Gasteiger partial charge in [0.2, 0.25) is 0 Å². The van der Waals surface area contributed by atoms with Crippen LogP contribution in [-0.4, -0.2) is 35.9 Å². The standard InChI is InChI=1S/C24H18FN7O/c1-16-27-29-30-32(16)22-14-18(12-13-21(22)25)26-24(33)20-15-31(19-10-6-3-7-11-19)28-23(20)17-8-4-2-5-9-17/h2-15H,1H3,(H,26,33). The maximum absolute atomic E-state index is 14.4. The van der Waals surface area contributed by atoms with Gasteiger partial charge >= 0.3 is 0 Å². The molecule has 0 fully saturated rings. The Labute approximate surface area is 188 Å². The van der Waals surface area contributed by atoms with Gasteiger partial charge in [-0.05, 0) is 47.7 Å². The molecule has 33 heavy (non-hydrogen) atoms. The Morgan fingerprint density at radius 1 is 0.970 bits per heavy atom. The van der Waals surface area contributed by atoms with Crippen molar-refractivity contribution in [3.05, 3.63) is 102 Å². The van der Waals surface area contributed by atoms with E-state index in [1.807, 2.05) is 60.7 Å². The monoisotopic (exact) mass is 439 g/mol. The minimum atomic E-state index is -0.509. The van der Waals surface area contributed by atoms with Crippen molar-refractivity contribution >= 4 is 11.6 Å². The van der Waals surface area contributed by atoms with E-state index >= 15 is 0 Å². The molecule has 5 rings (SSSR count).